The molecule has 4 nitrogen and oxygen atoms in total. The highest BCUT2D eigenvalue weighted by Crippen LogP contribution is 2.18. The van der Waals surface area contributed by atoms with E-state index in [-0.39, 0.29) is 18.6 Å². The van der Waals surface area contributed by atoms with Crippen molar-refractivity contribution < 1.29 is 9.90 Å². The molecule has 1 atom stereocenters. The van der Waals surface area contributed by atoms with Gasteiger partial charge in [-0.15, -0.1) is 0 Å². The van der Waals surface area contributed by atoms with Crippen LogP contribution in [0.2, 0.25) is 5.02 Å². The number of aryl methyl sites for hydroxylation is 1. The topological polar surface area (TPSA) is 66.6 Å². The van der Waals surface area contributed by atoms with Gasteiger partial charge in [-0.3, -0.25) is 4.79 Å². The maximum atomic E-state index is 12.4. The van der Waals surface area contributed by atoms with Crippen LogP contribution in [0.3, 0.4) is 0 Å². The normalized spacial score (nSPS) is 12.0. The lowest BCUT2D eigenvalue weighted by Gasteiger charge is -2.18. The number of anilines is 1. The van der Waals surface area contributed by atoms with E-state index in [1.165, 1.54) is 0 Å². The molecule has 5 heteroatoms. The Kier molecular flexibility index (Phi) is 6.16. The molecule has 0 unspecified atom stereocenters. The number of rotatable bonds is 6. The Morgan fingerprint density at radius 2 is 1.78 bits per heavy atom. The van der Waals surface area contributed by atoms with E-state index in [0.717, 1.165) is 24.1 Å². The highest BCUT2D eigenvalue weighted by Gasteiger charge is 2.13. The Labute approximate surface area is 141 Å². The van der Waals surface area contributed by atoms with Gasteiger partial charge in [-0.05, 0) is 54.8 Å². The van der Waals surface area contributed by atoms with Crippen molar-refractivity contribution in [2.24, 2.45) is 5.73 Å². The molecule has 0 heterocycles. The standard InChI is InChI=1S/C18H21ClN2O2/c1-21(18(23)14-5-7-15(19)8-6-14)17-10-3-13(4-11-17)2-9-16(20)12-22/h3-8,10-11,16,22H,2,9,12,20H2,1H3/t16-/m0/s1. The van der Waals surface area contributed by atoms with Crippen LogP contribution >= 0.6 is 11.6 Å². The molecule has 2 aromatic carbocycles. The van der Waals surface area contributed by atoms with Crippen LogP contribution in [-0.2, 0) is 6.42 Å². The van der Waals surface area contributed by atoms with Gasteiger partial charge in [-0.1, -0.05) is 23.7 Å². The van der Waals surface area contributed by atoms with Crippen molar-refractivity contribution in [2.45, 2.75) is 18.9 Å². The highest BCUT2D eigenvalue weighted by atomic mass is 35.5. The second-order valence-corrected chi connectivity index (χ2v) is 5.96. The minimum absolute atomic E-state index is 0.00356. The molecule has 0 aromatic heterocycles. The quantitative estimate of drug-likeness (QED) is 0.854. The van der Waals surface area contributed by atoms with E-state index in [1.54, 1.807) is 36.2 Å². The predicted octanol–water partition coefficient (Wildman–Crippen LogP) is 2.87. The predicted molar refractivity (Wildman–Crippen MR) is 94.0 cm³/mol. The highest BCUT2D eigenvalue weighted by molar-refractivity contribution is 6.30. The molecule has 1 amide bonds. The van der Waals surface area contributed by atoms with Gasteiger partial charge in [-0.2, -0.15) is 0 Å². The molecule has 0 radical (unpaired) electrons. The maximum absolute atomic E-state index is 12.4. The molecule has 2 aromatic rings. The summed E-state index contributed by atoms with van der Waals surface area (Å²) in [7, 11) is 1.74. The third-order valence-corrected chi connectivity index (χ3v) is 4.01. The number of hydrogen-bond acceptors (Lipinski definition) is 3. The number of halogens is 1. The second-order valence-electron chi connectivity index (χ2n) is 5.52. The minimum Gasteiger partial charge on any atom is -0.395 e. The fraction of sp³-hybridized carbons (Fsp3) is 0.278. The number of nitrogens with two attached hydrogens (primary N) is 1. The fourth-order valence-electron chi connectivity index (χ4n) is 2.23. The summed E-state index contributed by atoms with van der Waals surface area (Å²) >= 11 is 5.84. The smallest absolute Gasteiger partial charge is 0.258 e. The van der Waals surface area contributed by atoms with Gasteiger partial charge in [-0.25, -0.2) is 0 Å². The molecule has 0 saturated carbocycles. The van der Waals surface area contributed by atoms with E-state index < -0.39 is 0 Å². The van der Waals surface area contributed by atoms with Crippen LogP contribution in [0, 0.1) is 0 Å². The molecule has 0 saturated heterocycles. The molecule has 0 aliphatic rings. The summed E-state index contributed by atoms with van der Waals surface area (Å²) in [5.41, 5.74) is 8.24. The summed E-state index contributed by atoms with van der Waals surface area (Å²) in [5, 5.41) is 9.54. The van der Waals surface area contributed by atoms with Gasteiger partial charge < -0.3 is 15.7 Å². The van der Waals surface area contributed by atoms with Crippen molar-refractivity contribution in [3.63, 3.8) is 0 Å². The molecular formula is C18H21ClN2O2. The Morgan fingerprint density at radius 3 is 2.35 bits per heavy atom. The van der Waals surface area contributed by atoms with Crippen molar-refractivity contribution in [1.29, 1.82) is 0 Å². The molecule has 0 fully saturated rings. The number of aliphatic hydroxyl groups excluding tert-OH is 1. The first kappa shape index (κ1) is 17.5. The van der Waals surface area contributed by atoms with Crippen LogP contribution < -0.4 is 10.6 Å². The monoisotopic (exact) mass is 332 g/mol. The van der Waals surface area contributed by atoms with Gasteiger partial charge in [0.25, 0.3) is 5.91 Å². The number of carbonyl (C=O) groups excluding carboxylic acids is 1. The Hall–Kier alpha value is -1.88. The molecule has 0 bridgehead atoms. The molecule has 3 N–H and O–H groups in total. The van der Waals surface area contributed by atoms with Crippen molar-refractivity contribution >= 4 is 23.2 Å². The summed E-state index contributed by atoms with van der Waals surface area (Å²) in [5.74, 6) is -0.0864. The van der Waals surface area contributed by atoms with Crippen LogP contribution in [0.5, 0.6) is 0 Å². The first-order valence-corrected chi connectivity index (χ1v) is 7.88. The zero-order chi connectivity index (χ0) is 16.8. The van der Waals surface area contributed by atoms with Crippen LogP contribution in [0.1, 0.15) is 22.3 Å². The van der Waals surface area contributed by atoms with E-state index in [2.05, 4.69) is 0 Å². The van der Waals surface area contributed by atoms with Crippen molar-refractivity contribution in [1.82, 2.24) is 0 Å². The average Bonchev–Trinajstić information content (AvgIpc) is 2.59. The summed E-state index contributed by atoms with van der Waals surface area (Å²) < 4.78 is 0. The van der Waals surface area contributed by atoms with Crippen molar-refractivity contribution in [3.05, 3.63) is 64.7 Å². The number of carbonyl (C=O) groups is 1. The minimum atomic E-state index is -0.191. The van der Waals surface area contributed by atoms with Crippen LogP contribution in [0.4, 0.5) is 5.69 Å². The Balaban J connectivity index is 2.03. The number of amides is 1. The van der Waals surface area contributed by atoms with Gasteiger partial charge in [0, 0.05) is 29.4 Å². The molecule has 0 spiro atoms. The van der Waals surface area contributed by atoms with Gasteiger partial charge in [0.2, 0.25) is 0 Å². The van der Waals surface area contributed by atoms with E-state index >= 15 is 0 Å². The number of nitrogens with zero attached hydrogens (tertiary/aromatic N) is 1. The molecule has 23 heavy (non-hydrogen) atoms. The van der Waals surface area contributed by atoms with E-state index in [0.29, 0.717) is 10.6 Å². The number of benzene rings is 2. The molecule has 0 aliphatic heterocycles. The average molecular weight is 333 g/mol. The lowest BCUT2D eigenvalue weighted by atomic mass is 10.1. The second kappa shape index (κ2) is 8.11. The van der Waals surface area contributed by atoms with Crippen LogP contribution in [0.25, 0.3) is 0 Å². The molecule has 0 aliphatic carbocycles. The van der Waals surface area contributed by atoms with Crippen molar-refractivity contribution in [2.75, 3.05) is 18.6 Å². The molecule has 122 valence electrons. The third-order valence-electron chi connectivity index (χ3n) is 3.76. The summed E-state index contributed by atoms with van der Waals surface area (Å²) in [6, 6.07) is 14.4. The van der Waals surface area contributed by atoms with E-state index in [9.17, 15) is 4.79 Å². The zero-order valence-corrected chi connectivity index (χ0v) is 13.8. The summed E-state index contributed by atoms with van der Waals surface area (Å²) in [6.07, 6.45) is 1.53. The summed E-state index contributed by atoms with van der Waals surface area (Å²) in [4.78, 5) is 14.0. The van der Waals surface area contributed by atoms with E-state index in [4.69, 9.17) is 22.4 Å². The lowest BCUT2D eigenvalue weighted by Crippen LogP contribution is -2.26. The third kappa shape index (κ3) is 4.79. The number of hydrogen-bond donors (Lipinski definition) is 2. The van der Waals surface area contributed by atoms with Gasteiger partial charge in [0.05, 0.1) is 6.61 Å². The Bertz CT molecular complexity index is 641. The first-order chi connectivity index (χ1) is 11.0. The lowest BCUT2D eigenvalue weighted by molar-refractivity contribution is 0.0993. The first-order valence-electron chi connectivity index (χ1n) is 7.50. The molecule has 2 rings (SSSR count). The number of aliphatic hydroxyl groups is 1. The molecular weight excluding hydrogens is 312 g/mol. The van der Waals surface area contributed by atoms with Crippen LogP contribution in [-0.4, -0.2) is 30.7 Å². The fourth-order valence-corrected chi connectivity index (χ4v) is 2.36. The van der Waals surface area contributed by atoms with Crippen LogP contribution in [0.15, 0.2) is 48.5 Å². The van der Waals surface area contributed by atoms with Crippen molar-refractivity contribution in [3.8, 4) is 0 Å². The van der Waals surface area contributed by atoms with E-state index in [1.807, 2.05) is 24.3 Å². The Morgan fingerprint density at radius 1 is 1.17 bits per heavy atom. The zero-order valence-electron chi connectivity index (χ0n) is 13.1. The SMILES string of the molecule is CN(C(=O)c1ccc(Cl)cc1)c1ccc(CC[C@H](N)CO)cc1. The van der Waals surface area contributed by atoms with Gasteiger partial charge in [0.1, 0.15) is 0 Å². The summed E-state index contributed by atoms with van der Waals surface area (Å²) in [6.45, 7) is -0.00356. The van der Waals surface area contributed by atoms with Gasteiger partial charge >= 0.3 is 0 Å². The largest absolute Gasteiger partial charge is 0.395 e. The van der Waals surface area contributed by atoms with Gasteiger partial charge in [0.15, 0.2) is 0 Å². The maximum Gasteiger partial charge on any atom is 0.258 e.